The van der Waals surface area contributed by atoms with Crippen molar-refractivity contribution in [2.24, 2.45) is 5.92 Å². The first-order valence-electron chi connectivity index (χ1n) is 10.8. The highest BCUT2D eigenvalue weighted by Crippen LogP contribution is 2.15. The third-order valence-corrected chi connectivity index (χ3v) is 5.91. The third-order valence-electron chi connectivity index (χ3n) is 5.91. The van der Waals surface area contributed by atoms with E-state index < -0.39 is 29.1 Å². The molecule has 170 valence electrons. The molecule has 0 unspecified atom stereocenters. The van der Waals surface area contributed by atoms with Crippen LogP contribution in [0.2, 0.25) is 0 Å². The summed E-state index contributed by atoms with van der Waals surface area (Å²) in [5.41, 5.74) is -0.689. The molecule has 0 radical (unpaired) electrons. The van der Waals surface area contributed by atoms with Crippen LogP contribution in [0.1, 0.15) is 37.0 Å². The van der Waals surface area contributed by atoms with Gasteiger partial charge in [-0.1, -0.05) is 19.9 Å². The van der Waals surface area contributed by atoms with Gasteiger partial charge in [0.2, 0.25) is 11.8 Å². The maximum absolute atomic E-state index is 13.9. The first-order valence-corrected chi connectivity index (χ1v) is 10.8. The Morgan fingerprint density at radius 1 is 0.935 bits per heavy atom. The number of nitrogens with zero attached hydrogens (tertiary/aromatic N) is 3. The molecule has 1 atom stereocenters. The van der Waals surface area contributed by atoms with E-state index in [-0.39, 0.29) is 17.7 Å². The highest BCUT2D eigenvalue weighted by molar-refractivity contribution is 5.98. The summed E-state index contributed by atoms with van der Waals surface area (Å²) in [5, 5.41) is 2.51. The summed E-state index contributed by atoms with van der Waals surface area (Å²) >= 11 is 0. The van der Waals surface area contributed by atoms with Crippen LogP contribution < -0.4 is 5.32 Å². The molecule has 1 aromatic carbocycles. The molecule has 3 amide bonds. The van der Waals surface area contributed by atoms with E-state index in [0.717, 1.165) is 38.1 Å². The van der Waals surface area contributed by atoms with Crippen molar-refractivity contribution >= 4 is 17.7 Å². The van der Waals surface area contributed by atoms with Crippen LogP contribution in [0.4, 0.5) is 8.78 Å². The van der Waals surface area contributed by atoms with Crippen molar-refractivity contribution < 1.29 is 23.2 Å². The van der Waals surface area contributed by atoms with Gasteiger partial charge < -0.3 is 15.1 Å². The lowest BCUT2D eigenvalue weighted by Gasteiger charge is -2.37. The molecule has 0 aliphatic carbocycles. The standard InChI is InChI=1S/C22H30F2N4O3/c1-15(2)20(25-21(30)19-16(23)6-5-7-17(19)24)22(31)28-12-10-26(11-13-28)14-18(29)27-8-3-4-9-27/h5-7,15,20H,3-4,8-14H2,1-2H3,(H,25,30)/t20-/m1/s1. The average Bonchev–Trinajstić information content (AvgIpc) is 3.27. The Balaban J connectivity index is 1.57. The molecular formula is C22H30F2N4O3. The summed E-state index contributed by atoms with van der Waals surface area (Å²) in [6.45, 7) is 7.50. The van der Waals surface area contributed by atoms with E-state index in [9.17, 15) is 23.2 Å². The SMILES string of the molecule is CC(C)[C@@H](NC(=O)c1c(F)cccc1F)C(=O)N1CCN(CC(=O)N2CCCC2)CC1. The molecule has 1 N–H and O–H groups in total. The van der Waals surface area contributed by atoms with E-state index in [1.807, 2.05) is 9.80 Å². The minimum absolute atomic E-state index is 0.122. The van der Waals surface area contributed by atoms with Crippen LogP contribution in [0.25, 0.3) is 0 Å². The van der Waals surface area contributed by atoms with Crippen molar-refractivity contribution in [3.63, 3.8) is 0 Å². The molecule has 2 aliphatic heterocycles. The molecular weight excluding hydrogens is 406 g/mol. The Morgan fingerprint density at radius 2 is 1.52 bits per heavy atom. The molecule has 0 saturated carbocycles. The number of nitrogens with one attached hydrogen (secondary N) is 1. The zero-order valence-electron chi connectivity index (χ0n) is 18.1. The van der Waals surface area contributed by atoms with Crippen molar-refractivity contribution in [2.75, 3.05) is 45.8 Å². The molecule has 31 heavy (non-hydrogen) atoms. The van der Waals surface area contributed by atoms with Gasteiger partial charge in [0.05, 0.1) is 6.54 Å². The zero-order chi connectivity index (χ0) is 22.5. The van der Waals surface area contributed by atoms with E-state index in [0.29, 0.717) is 32.7 Å². The lowest BCUT2D eigenvalue weighted by Crippen LogP contribution is -2.57. The largest absolute Gasteiger partial charge is 0.342 e. The van der Waals surface area contributed by atoms with Gasteiger partial charge >= 0.3 is 0 Å². The molecule has 0 spiro atoms. The summed E-state index contributed by atoms with van der Waals surface area (Å²) in [5.74, 6) is -3.31. The quantitative estimate of drug-likeness (QED) is 0.734. The number of carbonyl (C=O) groups is 3. The Kier molecular flexibility index (Phi) is 7.59. The summed E-state index contributed by atoms with van der Waals surface area (Å²) in [6, 6.07) is 2.30. The van der Waals surface area contributed by atoms with Crippen LogP contribution >= 0.6 is 0 Å². The smallest absolute Gasteiger partial charge is 0.257 e. The predicted molar refractivity (Wildman–Crippen MR) is 111 cm³/mol. The number of likely N-dealkylation sites (tertiary alicyclic amines) is 1. The highest BCUT2D eigenvalue weighted by Gasteiger charge is 2.32. The van der Waals surface area contributed by atoms with E-state index in [2.05, 4.69) is 5.32 Å². The number of hydrogen-bond donors (Lipinski definition) is 1. The second-order valence-electron chi connectivity index (χ2n) is 8.48. The molecule has 7 nitrogen and oxygen atoms in total. The van der Waals surface area contributed by atoms with Gasteiger partial charge in [-0.25, -0.2) is 8.78 Å². The molecule has 1 aromatic rings. The number of carbonyl (C=O) groups excluding carboxylic acids is 3. The Hall–Kier alpha value is -2.55. The summed E-state index contributed by atoms with van der Waals surface area (Å²) in [4.78, 5) is 43.4. The van der Waals surface area contributed by atoms with E-state index >= 15 is 0 Å². The van der Waals surface area contributed by atoms with E-state index in [1.54, 1.807) is 18.7 Å². The number of benzene rings is 1. The van der Waals surface area contributed by atoms with E-state index in [1.165, 1.54) is 6.07 Å². The molecule has 0 bridgehead atoms. The fraction of sp³-hybridized carbons (Fsp3) is 0.591. The monoisotopic (exact) mass is 436 g/mol. The van der Waals surface area contributed by atoms with Gasteiger partial charge in [-0.15, -0.1) is 0 Å². The summed E-state index contributed by atoms with van der Waals surface area (Å²) in [6.07, 6.45) is 2.10. The molecule has 2 heterocycles. The molecule has 2 fully saturated rings. The fourth-order valence-electron chi connectivity index (χ4n) is 4.02. The molecule has 2 aliphatic rings. The van der Waals surface area contributed by atoms with Gasteiger partial charge in [0.15, 0.2) is 0 Å². The van der Waals surface area contributed by atoms with Crippen molar-refractivity contribution in [1.82, 2.24) is 20.0 Å². The first kappa shape index (κ1) is 23.1. The van der Waals surface area contributed by atoms with Gasteiger partial charge in [0.25, 0.3) is 5.91 Å². The number of hydrogen-bond acceptors (Lipinski definition) is 4. The molecule has 9 heteroatoms. The Morgan fingerprint density at radius 3 is 2.06 bits per heavy atom. The third kappa shape index (κ3) is 5.58. The van der Waals surface area contributed by atoms with Crippen molar-refractivity contribution in [3.05, 3.63) is 35.4 Å². The van der Waals surface area contributed by atoms with Crippen molar-refractivity contribution in [1.29, 1.82) is 0 Å². The summed E-state index contributed by atoms with van der Waals surface area (Å²) in [7, 11) is 0. The molecule has 3 rings (SSSR count). The average molecular weight is 437 g/mol. The molecule has 0 aromatic heterocycles. The van der Waals surface area contributed by atoms with Gasteiger partial charge in [-0.05, 0) is 30.9 Å². The van der Waals surface area contributed by atoms with Crippen LogP contribution in [0.3, 0.4) is 0 Å². The second kappa shape index (κ2) is 10.2. The topological polar surface area (TPSA) is 73.0 Å². The maximum atomic E-state index is 13.9. The van der Waals surface area contributed by atoms with Crippen LogP contribution in [0.15, 0.2) is 18.2 Å². The van der Waals surface area contributed by atoms with Crippen LogP contribution in [0, 0.1) is 17.6 Å². The van der Waals surface area contributed by atoms with E-state index in [4.69, 9.17) is 0 Å². The number of amides is 3. The summed E-state index contributed by atoms with van der Waals surface area (Å²) < 4.78 is 27.9. The minimum Gasteiger partial charge on any atom is -0.342 e. The number of rotatable bonds is 6. The van der Waals surface area contributed by atoms with Gasteiger partial charge in [0.1, 0.15) is 23.2 Å². The van der Waals surface area contributed by atoms with Crippen molar-refractivity contribution in [3.8, 4) is 0 Å². The number of piperazine rings is 1. The Bertz CT molecular complexity index is 799. The highest BCUT2D eigenvalue weighted by atomic mass is 19.1. The zero-order valence-corrected chi connectivity index (χ0v) is 18.1. The van der Waals surface area contributed by atoms with Gasteiger partial charge in [-0.3, -0.25) is 19.3 Å². The molecule has 2 saturated heterocycles. The van der Waals surface area contributed by atoms with Crippen LogP contribution in [-0.2, 0) is 9.59 Å². The normalized spacial score (nSPS) is 18.4. The van der Waals surface area contributed by atoms with Crippen LogP contribution in [-0.4, -0.2) is 84.3 Å². The Labute approximate surface area is 181 Å². The first-order chi connectivity index (χ1) is 14.8. The number of halogens is 2. The fourth-order valence-corrected chi connectivity index (χ4v) is 4.02. The van der Waals surface area contributed by atoms with Gasteiger partial charge in [0, 0.05) is 39.3 Å². The lowest BCUT2D eigenvalue weighted by molar-refractivity contribution is -0.137. The van der Waals surface area contributed by atoms with Crippen molar-refractivity contribution in [2.45, 2.75) is 32.7 Å². The lowest BCUT2D eigenvalue weighted by atomic mass is 10.0. The predicted octanol–water partition coefficient (Wildman–Crippen LogP) is 1.49. The maximum Gasteiger partial charge on any atom is 0.257 e. The second-order valence-corrected chi connectivity index (χ2v) is 8.48. The van der Waals surface area contributed by atoms with Gasteiger partial charge in [-0.2, -0.15) is 0 Å². The van der Waals surface area contributed by atoms with Crippen LogP contribution in [0.5, 0.6) is 0 Å². The minimum atomic E-state index is -0.969.